The van der Waals surface area contributed by atoms with Crippen molar-refractivity contribution in [3.8, 4) is 0 Å². The van der Waals surface area contributed by atoms with Crippen molar-refractivity contribution < 1.29 is 4.79 Å². The van der Waals surface area contributed by atoms with Gasteiger partial charge in [0.2, 0.25) is 0 Å². The molecule has 1 saturated heterocycles. The first kappa shape index (κ1) is 16.1. The molecule has 6 nitrogen and oxygen atoms in total. The number of piperazine rings is 1. The summed E-state index contributed by atoms with van der Waals surface area (Å²) in [7, 11) is 2.11. The summed E-state index contributed by atoms with van der Waals surface area (Å²) in [5, 5.41) is 4.72. The molecule has 0 atom stereocenters. The number of urea groups is 1. The van der Waals surface area contributed by atoms with Crippen molar-refractivity contribution in [3.63, 3.8) is 0 Å². The zero-order chi connectivity index (χ0) is 17.2. The van der Waals surface area contributed by atoms with Crippen molar-refractivity contribution in [2.24, 2.45) is 0 Å². The van der Waals surface area contributed by atoms with E-state index in [0.717, 1.165) is 57.1 Å². The number of hydrogen-bond donors (Lipinski definition) is 0. The Morgan fingerprint density at radius 1 is 1.00 bits per heavy atom. The van der Waals surface area contributed by atoms with Gasteiger partial charge in [0.1, 0.15) is 0 Å². The lowest BCUT2D eigenvalue weighted by Gasteiger charge is -2.37. The highest BCUT2D eigenvalue weighted by molar-refractivity contribution is 5.74. The van der Waals surface area contributed by atoms with E-state index in [0.29, 0.717) is 6.54 Å². The van der Waals surface area contributed by atoms with Crippen molar-refractivity contribution in [1.82, 2.24) is 24.5 Å². The van der Waals surface area contributed by atoms with Crippen molar-refractivity contribution in [3.05, 3.63) is 53.3 Å². The molecule has 132 valence electrons. The highest BCUT2D eigenvalue weighted by atomic mass is 16.2. The van der Waals surface area contributed by atoms with Gasteiger partial charge >= 0.3 is 6.03 Å². The highest BCUT2D eigenvalue weighted by Gasteiger charge is 2.27. The van der Waals surface area contributed by atoms with Gasteiger partial charge in [-0.2, -0.15) is 5.10 Å². The quantitative estimate of drug-likeness (QED) is 0.836. The van der Waals surface area contributed by atoms with E-state index in [1.807, 2.05) is 15.9 Å². The lowest BCUT2D eigenvalue weighted by molar-refractivity contribution is 0.113. The third kappa shape index (κ3) is 3.54. The van der Waals surface area contributed by atoms with Gasteiger partial charge in [-0.25, -0.2) is 4.79 Å². The molecule has 1 fully saturated rings. The second-order valence-corrected chi connectivity index (χ2v) is 7.01. The van der Waals surface area contributed by atoms with Gasteiger partial charge in [0.25, 0.3) is 0 Å². The van der Waals surface area contributed by atoms with Crippen molar-refractivity contribution in [2.75, 3.05) is 39.8 Å². The Hall–Kier alpha value is -2.34. The monoisotopic (exact) mass is 339 g/mol. The number of aromatic nitrogens is 2. The van der Waals surface area contributed by atoms with Crippen molar-refractivity contribution >= 4 is 6.03 Å². The number of fused-ring (bicyclic) bond motifs is 1. The second kappa shape index (κ2) is 6.88. The molecular formula is C19H25N5O. The summed E-state index contributed by atoms with van der Waals surface area (Å²) in [6.45, 7) is 5.74. The third-order valence-corrected chi connectivity index (χ3v) is 5.12. The summed E-state index contributed by atoms with van der Waals surface area (Å²) in [5.74, 6) is 0. The summed E-state index contributed by atoms with van der Waals surface area (Å²) in [4.78, 5) is 19.0. The van der Waals surface area contributed by atoms with Crippen LogP contribution in [0.25, 0.3) is 0 Å². The van der Waals surface area contributed by atoms with E-state index in [1.54, 1.807) is 0 Å². The molecule has 0 unspecified atom stereocenters. The van der Waals surface area contributed by atoms with Crippen LogP contribution >= 0.6 is 0 Å². The van der Waals surface area contributed by atoms with Crippen LogP contribution in [0.4, 0.5) is 4.79 Å². The number of carbonyl (C=O) groups is 1. The fourth-order valence-corrected chi connectivity index (χ4v) is 3.58. The number of amides is 2. The minimum absolute atomic E-state index is 0.171. The average Bonchev–Trinajstić information content (AvgIpc) is 3.04. The molecule has 3 heterocycles. The Labute approximate surface area is 148 Å². The molecule has 4 rings (SSSR count). The van der Waals surface area contributed by atoms with E-state index in [9.17, 15) is 4.79 Å². The van der Waals surface area contributed by atoms with Gasteiger partial charge in [0.15, 0.2) is 0 Å². The number of hydrogen-bond acceptors (Lipinski definition) is 3. The van der Waals surface area contributed by atoms with Crippen molar-refractivity contribution in [2.45, 2.75) is 19.5 Å². The normalized spacial score (nSPS) is 18.3. The first-order valence-corrected chi connectivity index (χ1v) is 9.01. The Balaban J connectivity index is 1.42. The molecule has 2 amide bonds. The number of nitrogens with zero attached hydrogens (tertiary/aromatic N) is 5. The largest absolute Gasteiger partial charge is 0.322 e. The maximum Gasteiger partial charge on any atom is 0.320 e. The smallest absolute Gasteiger partial charge is 0.320 e. The van der Waals surface area contributed by atoms with Crippen LogP contribution < -0.4 is 0 Å². The Bertz CT molecular complexity index is 734. The predicted octanol–water partition coefficient (Wildman–Crippen LogP) is 1.66. The molecule has 0 spiro atoms. The van der Waals surface area contributed by atoms with Gasteiger partial charge in [-0.05, 0) is 18.7 Å². The topological polar surface area (TPSA) is 44.6 Å². The summed E-state index contributed by atoms with van der Waals surface area (Å²) in [5.41, 5.74) is 3.48. The zero-order valence-electron chi connectivity index (χ0n) is 14.8. The van der Waals surface area contributed by atoms with Crippen LogP contribution in [0.2, 0.25) is 0 Å². The standard InChI is InChI=1S/C19H25N5O/c1-21-7-9-22(10-8-21)19(25)23-11-12-24-18(15-23)14-17(20-24)13-16-5-3-2-4-6-16/h2-6,14H,7-13,15H2,1H3. The first-order chi connectivity index (χ1) is 12.2. The third-order valence-electron chi connectivity index (χ3n) is 5.12. The van der Waals surface area contributed by atoms with E-state index < -0.39 is 0 Å². The van der Waals surface area contributed by atoms with Crippen molar-refractivity contribution in [1.29, 1.82) is 0 Å². The van der Waals surface area contributed by atoms with Gasteiger partial charge in [-0.15, -0.1) is 0 Å². The number of likely N-dealkylation sites (N-methyl/N-ethyl adjacent to an activating group) is 1. The molecule has 2 aromatic rings. The highest BCUT2D eigenvalue weighted by Crippen LogP contribution is 2.18. The summed E-state index contributed by atoms with van der Waals surface area (Å²) < 4.78 is 2.06. The van der Waals surface area contributed by atoms with E-state index in [2.05, 4.69) is 47.0 Å². The molecule has 0 radical (unpaired) electrons. The minimum Gasteiger partial charge on any atom is -0.322 e. The molecule has 1 aromatic carbocycles. The Morgan fingerprint density at radius 2 is 1.72 bits per heavy atom. The van der Waals surface area contributed by atoms with Crippen LogP contribution in [0.1, 0.15) is 17.0 Å². The number of rotatable bonds is 2. The molecule has 0 bridgehead atoms. The van der Waals surface area contributed by atoms with Gasteiger partial charge in [0, 0.05) is 39.1 Å². The van der Waals surface area contributed by atoms with Gasteiger partial charge < -0.3 is 14.7 Å². The molecule has 0 N–H and O–H groups in total. The summed E-state index contributed by atoms with van der Waals surface area (Å²) in [6.07, 6.45) is 0.841. The van der Waals surface area contributed by atoms with Crippen LogP contribution in [0.5, 0.6) is 0 Å². The lowest BCUT2D eigenvalue weighted by Crippen LogP contribution is -2.53. The van der Waals surface area contributed by atoms with Crippen LogP contribution in [0, 0.1) is 0 Å². The molecule has 0 aliphatic carbocycles. The number of benzene rings is 1. The lowest BCUT2D eigenvalue weighted by atomic mass is 10.1. The fraction of sp³-hybridized carbons (Fsp3) is 0.474. The average molecular weight is 339 g/mol. The second-order valence-electron chi connectivity index (χ2n) is 7.01. The van der Waals surface area contributed by atoms with E-state index in [1.165, 1.54) is 5.56 Å². The summed E-state index contributed by atoms with van der Waals surface area (Å²) in [6, 6.07) is 12.7. The first-order valence-electron chi connectivity index (χ1n) is 9.01. The molecule has 0 saturated carbocycles. The molecule has 25 heavy (non-hydrogen) atoms. The molecule has 2 aliphatic heterocycles. The van der Waals surface area contributed by atoms with Crippen LogP contribution in [0.3, 0.4) is 0 Å². The fourth-order valence-electron chi connectivity index (χ4n) is 3.58. The molecule has 2 aliphatic rings. The Morgan fingerprint density at radius 3 is 2.48 bits per heavy atom. The van der Waals surface area contributed by atoms with Gasteiger partial charge in [0.05, 0.1) is 24.5 Å². The van der Waals surface area contributed by atoms with Gasteiger partial charge in [-0.1, -0.05) is 30.3 Å². The van der Waals surface area contributed by atoms with Crippen LogP contribution in [0.15, 0.2) is 36.4 Å². The SMILES string of the molecule is CN1CCN(C(=O)N2CCn3nc(Cc4ccccc4)cc3C2)CC1. The molecule has 1 aromatic heterocycles. The minimum atomic E-state index is 0.171. The molecular weight excluding hydrogens is 314 g/mol. The molecule has 6 heteroatoms. The van der Waals surface area contributed by atoms with Crippen LogP contribution in [-0.2, 0) is 19.5 Å². The number of carbonyl (C=O) groups excluding carboxylic acids is 1. The van der Waals surface area contributed by atoms with E-state index in [4.69, 9.17) is 5.10 Å². The Kier molecular flexibility index (Phi) is 4.44. The van der Waals surface area contributed by atoms with E-state index in [-0.39, 0.29) is 6.03 Å². The zero-order valence-corrected chi connectivity index (χ0v) is 14.8. The van der Waals surface area contributed by atoms with Gasteiger partial charge in [-0.3, -0.25) is 4.68 Å². The summed E-state index contributed by atoms with van der Waals surface area (Å²) >= 11 is 0. The van der Waals surface area contributed by atoms with Crippen LogP contribution in [-0.4, -0.2) is 70.3 Å². The maximum atomic E-state index is 12.8. The van der Waals surface area contributed by atoms with E-state index >= 15 is 0 Å². The predicted molar refractivity (Wildman–Crippen MR) is 96.4 cm³/mol. The maximum absolute atomic E-state index is 12.8.